The SMILES string of the molecule is [O]=[Mo][n]1ccnc1. The summed E-state index contributed by atoms with van der Waals surface area (Å²) in [6, 6.07) is 0. The van der Waals surface area contributed by atoms with E-state index in [1.54, 1.807) is 21.8 Å². The van der Waals surface area contributed by atoms with Gasteiger partial charge in [0.15, 0.2) is 0 Å². The molecule has 0 N–H and O–H groups in total. The van der Waals surface area contributed by atoms with Crippen molar-refractivity contribution in [2.45, 2.75) is 0 Å². The first-order valence-corrected chi connectivity index (χ1v) is 3.43. The summed E-state index contributed by atoms with van der Waals surface area (Å²) in [7, 11) is 0. The molecule has 0 aliphatic carbocycles. The molecule has 0 bridgehead atoms. The van der Waals surface area contributed by atoms with Gasteiger partial charge in [-0.05, 0) is 0 Å². The van der Waals surface area contributed by atoms with E-state index in [0.29, 0.717) is 0 Å². The Morgan fingerprint density at radius 3 is 2.86 bits per heavy atom. The van der Waals surface area contributed by atoms with Gasteiger partial charge in [-0.25, -0.2) is 0 Å². The van der Waals surface area contributed by atoms with Crippen LogP contribution in [0.15, 0.2) is 18.7 Å². The summed E-state index contributed by atoms with van der Waals surface area (Å²) in [5, 5.41) is 0. The summed E-state index contributed by atoms with van der Waals surface area (Å²) in [4.78, 5) is 3.69. The second-order valence-corrected chi connectivity index (χ2v) is 2.40. The molecule has 1 aromatic heterocycles. The summed E-state index contributed by atoms with van der Waals surface area (Å²) >= 11 is -1.20. The van der Waals surface area contributed by atoms with Crippen LogP contribution in [0.1, 0.15) is 0 Å². The number of hydrogen-bond acceptors (Lipinski definition) is 2. The predicted molar refractivity (Wildman–Crippen MR) is 18.3 cm³/mol. The number of aromatic nitrogens is 2. The van der Waals surface area contributed by atoms with Crippen molar-refractivity contribution in [2.24, 2.45) is 0 Å². The second kappa shape index (κ2) is 2.12. The molecule has 1 aromatic rings. The van der Waals surface area contributed by atoms with Crippen molar-refractivity contribution in [3.63, 3.8) is 0 Å². The van der Waals surface area contributed by atoms with Crippen LogP contribution in [0.5, 0.6) is 0 Å². The first kappa shape index (κ1) is 4.85. The van der Waals surface area contributed by atoms with Crippen LogP contribution in [0.3, 0.4) is 0 Å². The van der Waals surface area contributed by atoms with E-state index in [1.165, 1.54) is 0 Å². The average molecular weight is 179 g/mol. The molecule has 0 spiro atoms. The fraction of sp³-hybridized carbons (Fsp3) is 0. The molecule has 1 rings (SSSR count). The van der Waals surface area contributed by atoms with Crippen molar-refractivity contribution in [3.8, 4) is 0 Å². The van der Waals surface area contributed by atoms with E-state index in [-0.39, 0.29) is 0 Å². The van der Waals surface area contributed by atoms with Gasteiger partial charge in [-0.2, -0.15) is 0 Å². The maximum absolute atomic E-state index is 10.0. The molecule has 0 aliphatic heterocycles. The van der Waals surface area contributed by atoms with Gasteiger partial charge in [-0.3, -0.25) is 0 Å². The van der Waals surface area contributed by atoms with Crippen molar-refractivity contribution in [1.29, 1.82) is 0 Å². The molecule has 0 aromatic carbocycles. The maximum atomic E-state index is 10.0. The van der Waals surface area contributed by atoms with Crippen LogP contribution in [0.2, 0.25) is 0 Å². The van der Waals surface area contributed by atoms with Crippen LogP contribution in [0.25, 0.3) is 0 Å². The molecule has 0 fully saturated rings. The summed E-state index contributed by atoms with van der Waals surface area (Å²) in [5.41, 5.74) is 0. The van der Waals surface area contributed by atoms with E-state index >= 15 is 0 Å². The number of hydrogen-bond donors (Lipinski definition) is 0. The summed E-state index contributed by atoms with van der Waals surface area (Å²) in [6.45, 7) is 0. The van der Waals surface area contributed by atoms with E-state index in [0.717, 1.165) is 0 Å². The van der Waals surface area contributed by atoms with Crippen molar-refractivity contribution in [1.82, 2.24) is 8.11 Å². The number of rotatable bonds is 1. The Morgan fingerprint density at radius 2 is 2.57 bits per heavy atom. The molecule has 0 amide bonds. The van der Waals surface area contributed by atoms with Gasteiger partial charge < -0.3 is 0 Å². The number of nitrogens with zero attached hydrogens (tertiary/aromatic N) is 2. The standard InChI is InChI=1S/C3H3N2.Mo.O/c1-2-5-3-4-1;;/h1-3H;;/q-1;+1;. The second-order valence-electron chi connectivity index (χ2n) is 0.997. The molecule has 0 atom stereocenters. The van der Waals surface area contributed by atoms with Crippen LogP contribution in [0.4, 0.5) is 0 Å². The van der Waals surface area contributed by atoms with Crippen LogP contribution < -0.4 is 0 Å². The molecular weight excluding hydrogens is 176 g/mol. The Hall–Kier alpha value is -0.302. The average Bonchev–Trinajstić information content (AvgIpc) is 2.14. The monoisotopic (exact) mass is 181 g/mol. The summed E-state index contributed by atoms with van der Waals surface area (Å²) in [5.74, 6) is 0. The van der Waals surface area contributed by atoms with E-state index in [4.69, 9.17) is 0 Å². The van der Waals surface area contributed by atoms with Gasteiger partial charge >= 0.3 is 49.0 Å². The first-order chi connectivity index (χ1) is 3.43. The van der Waals surface area contributed by atoms with Crippen LogP contribution in [-0.4, -0.2) is 8.11 Å². The molecular formula is C3H3MoN2O. The van der Waals surface area contributed by atoms with E-state index in [2.05, 4.69) is 4.98 Å². The van der Waals surface area contributed by atoms with E-state index in [1.807, 2.05) is 0 Å². The van der Waals surface area contributed by atoms with Crippen LogP contribution in [-0.2, 0) is 22.2 Å². The zero-order valence-corrected chi connectivity index (χ0v) is 5.45. The molecule has 37 valence electrons. The third kappa shape index (κ3) is 1.03. The third-order valence-corrected chi connectivity index (χ3v) is 1.52. The molecule has 0 saturated heterocycles. The molecule has 0 aliphatic rings. The van der Waals surface area contributed by atoms with Gasteiger partial charge in [0.05, 0.1) is 0 Å². The van der Waals surface area contributed by atoms with Crippen molar-refractivity contribution in [3.05, 3.63) is 18.7 Å². The third-order valence-electron chi connectivity index (χ3n) is 0.566. The van der Waals surface area contributed by atoms with Crippen molar-refractivity contribution in [2.75, 3.05) is 0 Å². The molecule has 3 nitrogen and oxygen atoms in total. The fourth-order valence-electron chi connectivity index (χ4n) is 0.291. The van der Waals surface area contributed by atoms with E-state index < -0.39 is 18.8 Å². The molecule has 1 heterocycles. The quantitative estimate of drug-likeness (QED) is 0.572. The van der Waals surface area contributed by atoms with Gasteiger partial charge in [-0.15, -0.1) is 0 Å². The van der Waals surface area contributed by atoms with Gasteiger partial charge in [0.2, 0.25) is 0 Å². The predicted octanol–water partition coefficient (Wildman–Crippen LogP) is 0.0742. The van der Waals surface area contributed by atoms with Crippen molar-refractivity contribution < 1.29 is 22.2 Å². The van der Waals surface area contributed by atoms with Crippen molar-refractivity contribution >= 4 is 0 Å². The fourth-order valence-corrected chi connectivity index (χ4v) is 0.775. The molecule has 0 radical (unpaired) electrons. The van der Waals surface area contributed by atoms with Gasteiger partial charge in [-0.1, -0.05) is 0 Å². The number of imidazole rings is 1. The molecule has 7 heavy (non-hydrogen) atoms. The van der Waals surface area contributed by atoms with Gasteiger partial charge in [0, 0.05) is 0 Å². The summed E-state index contributed by atoms with van der Waals surface area (Å²) < 4.78 is 11.6. The Morgan fingerprint density at radius 1 is 1.71 bits per heavy atom. The minimum absolute atomic E-state index is 1.20. The zero-order chi connectivity index (χ0) is 5.11. The van der Waals surface area contributed by atoms with Gasteiger partial charge in [0.25, 0.3) is 0 Å². The summed E-state index contributed by atoms with van der Waals surface area (Å²) in [6.07, 6.45) is 4.85. The Labute approximate surface area is 49.5 Å². The first-order valence-electron chi connectivity index (χ1n) is 1.72. The van der Waals surface area contributed by atoms with Crippen LogP contribution >= 0.6 is 0 Å². The normalized spacial score (nSPS) is 8.57. The zero-order valence-electron chi connectivity index (χ0n) is 3.44. The molecule has 4 heteroatoms. The molecule has 0 saturated carbocycles. The minimum atomic E-state index is -1.20. The van der Waals surface area contributed by atoms with E-state index in [9.17, 15) is 3.40 Å². The van der Waals surface area contributed by atoms with Crippen LogP contribution in [0, 0.1) is 0 Å². The van der Waals surface area contributed by atoms with Gasteiger partial charge in [0.1, 0.15) is 0 Å². The Bertz CT molecular complexity index is 148. The Kier molecular flexibility index (Phi) is 1.47. The topological polar surface area (TPSA) is 34.9 Å². The molecule has 0 unspecified atom stereocenters. The Balaban J connectivity index is 2.96.